The Balaban J connectivity index is 1.05. The summed E-state index contributed by atoms with van der Waals surface area (Å²) in [6.45, 7) is 5.96. The van der Waals surface area contributed by atoms with Crippen LogP contribution in [0.5, 0.6) is 5.75 Å². The molecule has 3 aromatic rings. The van der Waals surface area contributed by atoms with E-state index < -0.39 is 0 Å². The lowest BCUT2D eigenvalue weighted by molar-refractivity contribution is -0.119. The molecule has 8 heteroatoms. The molecule has 0 radical (unpaired) electrons. The minimum atomic E-state index is -0.274. The van der Waals surface area contributed by atoms with Gasteiger partial charge in [0.25, 0.3) is 5.91 Å². The van der Waals surface area contributed by atoms with Crippen molar-refractivity contribution in [1.82, 2.24) is 20.0 Å². The van der Waals surface area contributed by atoms with E-state index in [9.17, 15) is 14.0 Å². The van der Waals surface area contributed by atoms with E-state index in [-0.39, 0.29) is 23.7 Å². The third-order valence-electron chi connectivity index (χ3n) is 7.59. The van der Waals surface area contributed by atoms with Gasteiger partial charge in [0.2, 0.25) is 5.91 Å². The van der Waals surface area contributed by atoms with Gasteiger partial charge in [0.05, 0.1) is 0 Å². The Kier molecular flexibility index (Phi) is 9.08. The zero-order valence-corrected chi connectivity index (χ0v) is 23.0. The first kappa shape index (κ1) is 27.8. The molecule has 2 aliphatic heterocycles. The predicted octanol–water partition coefficient (Wildman–Crippen LogP) is 4.04. The summed E-state index contributed by atoms with van der Waals surface area (Å²) in [5.41, 5.74) is 3.62. The number of halogens is 1. The van der Waals surface area contributed by atoms with E-state index in [1.54, 1.807) is 12.1 Å². The van der Waals surface area contributed by atoms with Gasteiger partial charge in [-0.25, -0.2) is 4.39 Å². The smallest absolute Gasteiger partial charge is 0.253 e. The van der Waals surface area contributed by atoms with Crippen LogP contribution in [0.15, 0.2) is 72.8 Å². The molecule has 40 heavy (non-hydrogen) atoms. The lowest BCUT2D eigenvalue weighted by atomic mass is 10.0. The Hall–Kier alpha value is -3.75. The first-order valence-corrected chi connectivity index (χ1v) is 14.0. The molecule has 2 saturated heterocycles. The number of hydrogen-bond donors (Lipinski definition) is 1. The second kappa shape index (κ2) is 13.1. The normalized spacial score (nSPS) is 17.7. The van der Waals surface area contributed by atoms with Crippen LogP contribution in [-0.2, 0) is 11.3 Å². The van der Waals surface area contributed by atoms with Crippen LogP contribution < -0.4 is 10.1 Å². The Morgan fingerprint density at radius 3 is 2.52 bits per heavy atom. The first-order chi connectivity index (χ1) is 19.4. The summed E-state index contributed by atoms with van der Waals surface area (Å²) in [6.07, 6.45) is 1.53. The van der Waals surface area contributed by atoms with Crippen molar-refractivity contribution in [3.8, 4) is 16.9 Å². The highest BCUT2D eigenvalue weighted by Crippen LogP contribution is 2.22. The van der Waals surface area contributed by atoms with Gasteiger partial charge in [0.1, 0.15) is 18.2 Å². The van der Waals surface area contributed by atoms with Gasteiger partial charge in [-0.15, -0.1) is 0 Å². The Labute approximate surface area is 235 Å². The molecule has 1 atom stereocenters. The number of piperazine rings is 1. The highest BCUT2D eigenvalue weighted by Gasteiger charge is 2.23. The molecule has 1 N–H and O–H groups in total. The van der Waals surface area contributed by atoms with Crippen LogP contribution in [0.25, 0.3) is 11.1 Å². The van der Waals surface area contributed by atoms with Crippen LogP contribution in [0.4, 0.5) is 4.39 Å². The number of amides is 2. The second-order valence-corrected chi connectivity index (χ2v) is 10.7. The van der Waals surface area contributed by atoms with Gasteiger partial charge in [-0.3, -0.25) is 14.5 Å². The minimum Gasteiger partial charge on any atom is -0.492 e. The molecule has 0 aliphatic carbocycles. The number of ether oxygens (including phenoxy) is 1. The van der Waals surface area contributed by atoms with Crippen LogP contribution in [-0.4, -0.2) is 85.5 Å². The molecule has 2 aliphatic rings. The molecule has 2 amide bonds. The van der Waals surface area contributed by atoms with Crippen molar-refractivity contribution in [3.05, 3.63) is 89.7 Å². The lowest BCUT2D eigenvalue weighted by Gasteiger charge is -2.34. The number of benzene rings is 3. The third kappa shape index (κ3) is 7.46. The van der Waals surface area contributed by atoms with Crippen molar-refractivity contribution in [1.29, 1.82) is 0 Å². The van der Waals surface area contributed by atoms with Gasteiger partial charge in [0, 0.05) is 63.8 Å². The molecule has 0 spiro atoms. The molecule has 5 rings (SSSR count). The summed E-state index contributed by atoms with van der Waals surface area (Å²) in [5.74, 6) is 0.755. The molecule has 0 saturated carbocycles. The molecule has 2 fully saturated rings. The molecule has 3 aromatic carbocycles. The topological polar surface area (TPSA) is 65.1 Å². The molecule has 1 unspecified atom stereocenters. The molecule has 0 aromatic heterocycles. The van der Waals surface area contributed by atoms with Gasteiger partial charge < -0.3 is 19.9 Å². The molecule has 7 nitrogen and oxygen atoms in total. The van der Waals surface area contributed by atoms with Crippen molar-refractivity contribution in [3.63, 3.8) is 0 Å². The summed E-state index contributed by atoms with van der Waals surface area (Å²) in [7, 11) is 2.07. The van der Waals surface area contributed by atoms with Crippen molar-refractivity contribution in [2.24, 2.45) is 0 Å². The first-order valence-electron chi connectivity index (χ1n) is 14.0. The van der Waals surface area contributed by atoms with E-state index >= 15 is 0 Å². The van der Waals surface area contributed by atoms with Gasteiger partial charge >= 0.3 is 0 Å². The van der Waals surface area contributed by atoms with Crippen LogP contribution in [0.2, 0.25) is 0 Å². The zero-order chi connectivity index (χ0) is 27.9. The van der Waals surface area contributed by atoms with Crippen molar-refractivity contribution >= 4 is 11.8 Å². The Morgan fingerprint density at radius 2 is 1.77 bits per heavy atom. The van der Waals surface area contributed by atoms with Crippen molar-refractivity contribution < 1.29 is 18.7 Å². The molecular weight excluding hydrogens is 507 g/mol. The van der Waals surface area contributed by atoms with Gasteiger partial charge in [0.15, 0.2) is 0 Å². The van der Waals surface area contributed by atoms with Gasteiger partial charge in [-0.05, 0) is 66.6 Å². The summed E-state index contributed by atoms with van der Waals surface area (Å²) >= 11 is 0. The second-order valence-electron chi connectivity index (χ2n) is 10.7. The van der Waals surface area contributed by atoms with E-state index in [1.165, 1.54) is 17.7 Å². The van der Waals surface area contributed by atoms with Crippen LogP contribution in [0.3, 0.4) is 0 Å². The number of likely N-dealkylation sites (N-methyl/N-ethyl adjacent to an activating group) is 1. The fraction of sp³-hybridized carbons (Fsp3) is 0.375. The number of carbonyl (C=O) groups excluding carboxylic acids is 2. The molecule has 0 bridgehead atoms. The number of rotatable bonds is 10. The maximum absolute atomic E-state index is 13.3. The van der Waals surface area contributed by atoms with Gasteiger partial charge in [-0.2, -0.15) is 0 Å². The quantitative estimate of drug-likeness (QED) is 0.418. The summed E-state index contributed by atoms with van der Waals surface area (Å²) in [4.78, 5) is 31.1. The maximum Gasteiger partial charge on any atom is 0.253 e. The zero-order valence-electron chi connectivity index (χ0n) is 23.0. The molecule has 2 heterocycles. The highest BCUT2D eigenvalue weighted by molar-refractivity contribution is 5.95. The van der Waals surface area contributed by atoms with E-state index in [2.05, 4.69) is 34.3 Å². The van der Waals surface area contributed by atoms with E-state index in [0.717, 1.165) is 56.0 Å². The largest absolute Gasteiger partial charge is 0.492 e. The number of hydrogen-bond acceptors (Lipinski definition) is 5. The predicted molar refractivity (Wildman–Crippen MR) is 154 cm³/mol. The molecular formula is C32H37FN4O3. The highest BCUT2D eigenvalue weighted by atomic mass is 19.1. The van der Waals surface area contributed by atoms with Crippen molar-refractivity contribution in [2.75, 3.05) is 52.9 Å². The minimum absolute atomic E-state index is 0.0250. The number of nitrogens with zero attached hydrogens (tertiary/aromatic N) is 3. The average molecular weight is 545 g/mol. The SMILES string of the molecule is CN(Cc1cccc(OCCN2CCN(C(=O)c3cccc(-c4ccc(F)cc4)c3)CC2)c1)CC1CCC(=O)N1. The number of carbonyl (C=O) groups is 2. The standard InChI is InChI=1S/C32H37FN4O3/c1-35(23-29-12-13-31(38)34-29)22-24-4-2-7-30(20-24)40-19-18-36-14-16-37(17-15-36)32(39)27-6-3-5-26(21-27)25-8-10-28(33)11-9-25/h2-11,20-21,29H,12-19,22-23H2,1H3,(H,34,38). The average Bonchev–Trinajstić information content (AvgIpc) is 3.37. The fourth-order valence-electron chi connectivity index (χ4n) is 5.42. The summed E-state index contributed by atoms with van der Waals surface area (Å²) < 4.78 is 19.4. The Bertz CT molecular complexity index is 1310. The Morgan fingerprint density at radius 1 is 1.00 bits per heavy atom. The van der Waals surface area contributed by atoms with Gasteiger partial charge in [-0.1, -0.05) is 36.4 Å². The maximum atomic E-state index is 13.3. The summed E-state index contributed by atoms with van der Waals surface area (Å²) in [5, 5.41) is 3.03. The van der Waals surface area contributed by atoms with E-state index in [0.29, 0.717) is 31.7 Å². The fourth-order valence-corrected chi connectivity index (χ4v) is 5.42. The molecule has 210 valence electrons. The third-order valence-corrected chi connectivity index (χ3v) is 7.59. The van der Waals surface area contributed by atoms with Crippen LogP contribution in [0, 0.1) is 5.82 Å². The summed E-state index contributed by atoms with van der Waals surface area (Å²) in [6, 6.07) is 22.3. The van der Waals surface area contributed by atoms with Crippen LogP contribution >= 0.6 is 0 Å². The van der Waals surface area contributed by atoms with Crippen molar-refractivity contribution in [2.45, 2.75) is 25.4 Å². The van der Waals surface area contributed by atoms with Crippen LogP contribution in [0.1, 0.15) is 28.8 Å². The monoisotopic (exact) mass is 544 g/mol. The van der Waals surface area contributed by atoms with E-state index in [1.807, 2.05) is 41.3 Å². The lowest BCUT2D eigenvalue weighted by Crippen LogP contribution is -2.49. The number of nitrogens with one attached hydrogen (secondary N) is 1. The van der Waals surface area contributed by atoms with E-state index in [4.69, 9.17) is 4.74 Å².